The Morgan fingerprint density at radius 2 is 2.00 bits per heavy atom. The zero-order chi connectivity index (χ0) is 17.6. The van der Waals surface area contributed by atoms with Gasteiger partial charge in [-0.05, 0) is 50.5 Å². The van der Waals surface area contributed by atoms with Crippen LogP contribution in [0, 0.1) is 29.6 Å². The van der Waals surface area contributed by atoms with Crippen molar-refractivity contribution in [3.8, 4) is 23.7 Å². The number of esters is 1. The molecule has 130 valence electrons. The van der Waals surface area contributed by atoms with E-state index in [1.54, 1.807) is 6.92 Å². The van der Waals surface area contributed by atoms with Crippen LogP contribution in [0.2, 0.25) is 0 Å². The second-order valence-corrected chi connectivity index (χ2v) is 6.03. The highest BCUT2D eigenvalue weighted by molar-refractivity contribution is 5.75. The summed E-state index contributed by atoms with van der Waals surface area (Å²) in [5.74, 6) is 11.0. The van der Waals surface area contributed by atoms with Gasteiger partial charge < -0.3 is 9.84 Å². The maximum Gasteiger partial charge on any atom is 0.312 e. The second-order valence-electron chi connectivity index (χ2n) is 6.03. The van der Waals surface area contributed by atoms with Gasteiger partial charge in [-0.1, -0.05) is 43.3 Å². The van der Waals surface area contributed by atoms with Crippen LogP contribution in [0.1, 0.15) is 58.3 Å². The molecule has 1 aliphatic rings. The van der Waals surface area contributed by atoms with E-state index < -0.39 is 6.10 Å². The molecular weight excluding hydrogens is 300 g/mol. The first kappa shape index (κ1) is 20.1. The van der Waals surface area contributed by atoms with Crippen molar-refractivity contribution in [3.63, 3.8) is 0 Å². The topological polar surface area (TPSA) is 46.5 Å². The second kappa shape index (κ2) is 12.5. The van der Waals surface area contributed by atoms with E-state index in [0.29, 0.717) is 6.42 Å². The van der Waals surface area contributed by atoms with E-state index in [4.69, 9.17) is 4.74 Å². The summed E-state index contributed by atoms with van der Waals surface area (Å²) >= 11 is 0. The van der Waals surface area contributed by atoms with Crippen LogP contribution in [0.5, 0.6) is 0 Å². The molecule has 24 heavy (non-hydrogen) atoms. The molecule has 1 rings (SSSR count). The van der Waals surface area contributed by atoms with E-state index in [-0.39, 0.29) is 18.0 Å². The molecule has 0 aromatic rings. The predicted octanol–water partition coefficient (Wildman–Crippen LogP) is 3.78. The number of carbonyl (C=O) groups excluding carboxylic acids is 1. The molecule has 0 radical (unpaired) electrons. The number of unbranched alkanes of at least 4 members (excludes halogenated alkanes) is 5. The van der Waals surface area contributed by atoms with Gasteiger partial charge in [-0.3, -0.25) is 4.79 Å². The van der Waals surface area contributed by atoms with Crippen molar-refractivity contribution < 1.29 is 14.6 Å². The summed E-state index contributed by atoms with van der Waals surface area (Å²) in [4.78, 5) is 11.5. The number of allylic oxidation sites excluding steroid dienone is 3. The van der Waals surface area contributed by atoms with Gasteiger partial charge in [0.25, 0.3) is 0 Å². The standard InChI is InChI=1S/C21H28O3/c1-3-4-5-6-7-8-9-10-11-12-13-14-15-16-17-19-20(22)18(2)24-21(19)23/h3,6-7,18-20,22H,1,4-5,12-17H2,2H3/b7-6-/t18-,19+,20+/m1/s1. The third-order valence-electron chi connectivity index (χ3n) is 4.03. The summed E-state index contributed by atoms with van der Waals surface area (Å²) in [6, 6.07) is 0. The molecule has 0 spiro atoms. The van der Waals surface area contributed by atoms with Crippen molar-refractivity contribution in [1.82, 2.24) is 0 Å². The van der Waals surface area contributed by atoms with Gasteiger partial charge in [0.2, 0.25) is 0 Å². The highest BCUT2D eigenvalue weighted by Crippen LogP contribution is 2.26. The molecule has 0 aliphatic carbocycles. The molecule has 1 saturated heterocycles. The number of ether oxygens (including phenoxy) is 1. The normalized spacial score (nSPS) is 22.4. The molecule has 0 bridgehead atoms. The fraction of sp³-hybridized carbons (Fsp3) is 0.571. The van der Waals surface area contributed by atoms with Gasteiger partial charge in [0.15, 0.2) is 0 Å². The number of cyclic esters (lactones) is 1. The van der Waals surface area contributed by atoms with E-state index in [9.17, 15) is 9.90 Å². The Morgan fingerprint density at radius 1 is 1.21 bits per heavy atom. The smallest absolute Gasteiger partial charge is 0.312 e. The van der Waals surface area contributed by atoms with Gasteiger partial charge >= 0.3 is 5.97 Å². The summed E-state index contributed by atoms with van der Waals surface area (Å²) in [5, 5.41) is 9.85. The minimum Gasteiger partial charge on any atom is -0.460 e. The Hall–Kier alpha value is -1.97. The average molecular weight is 328 g/mol. The number of aliphatic hydroxyl groups excluding tert-OH is 1. The molecule has 1 N–H and O–H groups in total. The maximum absolute atomic E-state index is 11.5. The minimum atomic E-state index is -0.646. The highest BCUT2D eigenvalue weighted by atomic mass is 16.6. The molecular formula is C21H28O3. The van der Waals surface area contributed by atoms with E-state index in [0.717, 1.165) is 44.9 Å². The van der Waals surface area contributed by atoms with Crippen molar-refractivity contribution in [2.45, 2.75) is 70.5 Å². The molecule has 0 amide bonds. The van der Waals surface area contributed by atoms with Crippen LogP contribution >= 0.6 is 0 Å². The van der Waals surface area contributed by atoms with Crippen LogP contribution in [-0.4, -0.2) is 23.3 Å². The SMILES string of the molecule is C=CCC/C=C\C#CC#CCCCCCC[C@@H]1C(=O)O[C@H](C)[C@@H]1O. The summed E-state index contributed by atoms with van der Waals surface area (Å²) in [6.45, 7) is 5.40. The monoisotopic (exact) mass is 328 g/mol. The lowest BCUT2D eigenvalue weighted by Gasteiger charge is -2.11. The number of carbonyl (C=O) groups is 1. The van der Waals surface area contributed by atoms with Gasteiger partial charge in [-0.25, -0.2) is 0 Å². The van der Waals surface area contributed by atoms with E-state index in [1.807, 2.05) is 18.2 Å². The van der Waals surface area contributed by atoms with E-state index in [2.05, 4.69) is 30.3 Å². The average Bonchev–Trinajstić information content (AvgIpc) is 2.81. The lowest BCUT2D eigenvalue weighted by atomic mass is 9.95. The number of hydrogen-bond donors (Lipinski definition) is 1. The predicted molar refractivity (Wildman–Crippen MR) is 96.9 cm³/mol. The lowest BCUT2D eigenvalue weighted by Crippen LogP contribution is -2.24. The van der Waals surface area contributed by atoms with Crippen LogP contribution in [-0.2, 0) is 9.53 Å². The molecule has 1 aliphatic heterocycles. The van der Waals surface area contributed by atoms with E-state index >= 15 is 0 Å². The Morgan fingerprint density at radius 3 is 2.71 bits per heavy atom. The van der Waals surface area contributed by atoms with Crippen LogP contribution in [0.25, 0.3) is 0 Å². The zero-order valence-corrected chi connectivity index (χ0v) is 14.6. The van der Waals surface area contributed by atoms with Crippen LogP contribution in [0.15, 0.2) is 24.8 Å². The fourth-order valence-corrected chi connectivity index (χ4v) is 2.57. The Balaban J connectivity index is 2.02. The summed E-state index contributed by atoms with van der Waals surface area (Å²) in [7, 11) is 0. The Bertz CT molecular complexity index is 539. The first-order valence-corrected chi connectivity index (χ1v) is 8.79. The van der Waals surface area contributed by atoms with Gasteiger partial charge in [-0.2, -0.15) is 0 Å². The zero-order valence-electron chi connectivity index (χ0n) is 14.6. The third kappa shape index (κ3) is 8.04. The number of aliphatic hydroxyl groups is 1. The highest BCUT2D eigenvalue weighted by Gasteiger charge is 2.40. The fourth-order valence-electron chi connectivity index (χ4n) is 2.57. The Kier molecular flexibility index (Phi) is 10.4. The van der Waals surface area contributed by atoms with Crippen molar-refractivity contribution >= 4 is 5.97 Å². The van der Waals surface area contributed by atoms with Crippen molar-refractivity contribution in [2.75, 3.05) is 0 Å². The first-order valence-electron chi connectivity index (χ1n) is 8.79. The van der Waals surface area contributed by atoms with Crippen LogP contribution < -0.4 is 0 Å². The lowest BCUT2D eigenvalue weighted by molar-refractivity contribution is -0.143. The number of rotatable bonds is 9. The molecule has 3 heteroatoms. The molecule has 0 aromatic heterocycles. The van der Waals surface area contributed by atoms with Crippen LogP contribution in [0.3, 0.4) is 0 Å². The van der Waals surface area contributed by atoms with Crippen LogP contribution in [0.4, 0.5) is 0 Å². The largest absolute Gasteiger partial charge is 0.460 e. The Labute approximate surface area is 146 Å². The summed E-state index contributed by atoms with van der Waals surface area (Å²) < 4.78 is 5.03. The number of hydrogen-bond acceptors (Lipinski definition) is 3. The summed E-state index contributed by atoms with van der Waals surface area (Å²) in [5.41, 5.74) is 0. The summed E-state index contributed by atoms with van der Waals surface area (Å²) in [6.07, 6.45) is 12.3. The first-order chi connectivity index (χ1) is 11.7. The van der Waals surface area contributed by atoms with Gasteiger partial charge in [0, 0.05) is 6.42 Å². The maximum atomic E-state index is 11.5. The van der Waals surface area contributed by atoms with E-state index in [1.165, 1.54) is 0 Å². The van der Waals surface area contributed by atoms with Gasteiger partial charge in [0.1, 0.15) is 12.2 Å². The molecule has 3 atom stereocenters. The van der Waals surface area contributed by atoms with Gasteiger partial charge in [-0.15, -0.1) is 6.58 Å². The molecule has 1 heterocycles. The molecule has 0 aromatic carbocycles. The van der Waals surface area contributed by atoms with Crippen molar-refractivity contribution in [2.24, 2.45) is 5.92 Å². The molecule has 0 unspecified atom stereocenters. The van der Waals surface area contributed by atoms with Crippen molar-refractivity contribution in [3.05, 3.63) is 24.8 Å². The minimum absolute atomic E-state index is 0.252. The quantitative estimate of drug-likeness (QED) is 0.303. The van der Waals surface area contributed by atoms with Gasteiger partial charge in [0.05, 0.1) is 5.92 Å². The molecule has 0 saturated carbocycles. The third-order valence-corrected chi connectivity index (χ3v) is 4.03. The molecule has 1 fully saturated rings. The van der Waals surface area contributed by atoms with Crippen molar-refractivity contribution in [1.29, 1.82) is 0 Å². The molecule has 3 nitrogen and oxygen atoms in total.